The molecule has 0 radical (unpaired) electrons. The van der Waals surface area contributed by atoms with Gasteiger partial charge in [-0.2, -0.15) is 0 Å². The van der Waals surface area contributed by atoms with Gasteiger partial charge in [-0.25, -0.2) is 9.52 Å². The van der Waals surface area contributed by atoms with Crippen molar-refractivity contribution in [2.45, 2.75) is 151 Å². The molecule has 15 heteroatoms. The van der Waals surface area contributed by atoms with Crippen molar-refractivity contribution in [2.75, 3.05) is 32.8 Å². The molecule has 0 bridgehead atoms. The van der Waals surface area contributed by atoms with Crippen LogP contribution in [0, 0.1) is 23.2 Å². The van der Waals surface area contributed by atoms with Crippen LogP contribution >= 0.6 is 12.2 Å². The van der Waals surface area contributed by atoms with Crippen LogP contribution in [-0.2, 0) is 37.6 Å². The topological polar surface area (TPSA) is 181 Å². The van der Waals surface area contributed by atoms with E-state index in [4.69, 9.17) is 13.7 Å². The predicted octanol–water partition coefficient (Wildman–Crippen LogP) is 5.09. The Balaban J connectivity index is 0.00000219. The Bertz CT molecular complexity index is 1180. The van der Waals surface area contributed by atoms with Gasteiger partial charge in [0.1, 0.15) is 18.2 Å². The van der Waals surface area contributed by atoms with Crippen molar-refractivity contribution >= 4 is 47.8 Å². The molecule has 3 fully saturated rings. The highest BCUT2D eigenvalue weighted by molar-refractivity contribution is 7.92. The Labute approximate surface area is 322 Å². The normalized spacial score (nSPS) is 18.0. The lowest BCUT2D eigenvalue weighted by molar-refractivity contribution is -0.154. The summed E-state index contributed by atoms with van der Waals surface area (Å²) < 4.78 is 19.1. The molecule has 0 aromatic carbocycles. The largest absolute Gasteiger partial charge is 0.464 e. The number of nitrogens with one attached hydrogen (secondary N) is 4. The first-order valence-corrected chi connectivity index (χ1v) is 20.1. The maximum atomic E-state index is 13.7. The number of hydrogen-bond donors (Lipinski definition) is 4. The van der Waals surface area contributed by atoms with Crippen LogP contribution in [0.3, 0.4) is 0 Å². The van der Waals surface area contributed by atoms with Crippen molar-refractivity contribution in [2.24, 2.45) is 23.2 Å². The van der Waals surface area contributed by atoms with Crippen LogP contribution in [-0.4, -0.2) is 97.0 Å². The second-order valence-corrected chi connectivity index (χ2v) is 17.1. The Morgan fingerprint density at radius 3 is 1.98 bits per heavy atom. The molecule has 3 unspecified atom stereocenters. The average Bonchev–Trinajstić information content (AvgIpc) is 4.00. The zero-order chi connectivity index (χ0) is 40.4. The smallest absolute Gasteiger partial charge is 0.325 e. The number of hydrogen-bond acceptors (Lipinski definition) is 11. The molecule has 0 aromatic heterocycles. The summed E-state index contributed by atoms with van der Waals surface area (Å²) in [7, 11) is 0. The minimum absolute atomic E-state index is 0.0101. The van der Waals surface area contributed by atoms with Crippen molar-refractivity contribution in [1.82, 2.24) is 25.6 Å². The third-order valence-electron chi connectivity index (χ3n) is 7.97. The number of urea groups is 1. The van der Waals surface area contributed by atoms with E-state index in [1.165, 1.54) is 0 Å². The second-order valence-electron chi connectivity index (χ2n) is 16.5. The summed E-state index contributed by atoms with van der Waals surface area (Å²) in [5.41, 5.74) is -1.25. The molecule has 3 rings (SSSR count). The van der Waals surface area contributed by atoms with Crippen LogP contribution in [0.1, 0.15) is 128 Å². The zero-order valence-corrected chi connectivity index (χ0v) is 35.0. The summed E-state index contributed by atoms with van der Waals surface area (Å²) in [6, 6.07) is -2.51. The Morgan fingerprint density at radius 1 is 0.830 bits per heavy atom. The Hall–Kier alpha value is -2.91. The molecule has 2 saturated carbocycles. The molecular weight excluding hydrogens is 703 g/mol. The number of esters is 2. The number of rotatable bonds is 18. The lowest BCUT2D eigenvalue weighted by Crippen LogP contribution is -2.58. The van der Waals surface area contributed by atoms with E-state index in [1.54, 1.807) is 25.7 Å². The first kappa shape index (κ1) is 48.1. The highest BCUT2D eigenvalue weighted by Gasteiger charge is 2.40. The molecule has 0 aromatic rings. The average molecular weight is 772 g/mol. The minimum Gasteiger partial charge on any atom is -0.464 e. The van der Waals surface area contributed by atoms with Crippen molar-refractivity contribution in [3.05, 3.63) is 0 Å². The number of carbonyl (C=O) groups excluding carboxylic acids is 6. The maximum Gasteiger partial charge on any atom is 0.325 e. The van der Waals surface area contributed by atoms with E-state index < -0.39 is 52.8 Å². The van der Waals surface area contributed by atoms with Gasteiger partial charge in [-0.15, -0.1) is 0 Å². The molecule has 3 atom stereocenters. The third-order valence-corrected chi connectivity index (χ3v) is 8.60. The summed E-state index contributed by atoms with van der Waals surface area (Å²) in [6.07, 6.45) is 5.98. The van der Waals surface area contributed by atoms with E-state index in [0.717, 1.165) is 50.3 Å². The van der Waals surface area contributed by atoms with Gasteiger partial charge < -0.3 is 30.3 Å². The third kappa shape index (κ3) is 21.5. The maximum absolute atomic E-state index is 13.7. The fourth-order valence-electron chi connectivity index (χ4n) is 5.01. The van der Waals surface area contributed by atoms with Gasteiger partial charge in [0.25, 0.3) is 5.91 Å². The molecule has 14 nitrogen and oxygen atoms in total. The van der Waals surface area contributed by atoms with Gasteiger partial charge in [0.15, 0.2) is 0 Å². The fraction of sp³-hybridized carbons (Fsp3) is 0.842. The van der Waals surface area contributed by atoms with Crippen LogP contribution in [0.5, 0.6) is 0 Å². The van der Waals surface area contributed by atoms with Gasteiger partial charge in [0.05, 0.1) is 43.9 Å². The SMILES string of the molecule is CC.CC(C)(C)OC(=O)CCNC(=O)C(=O)C(CC1CC1)NSOCC1CCCN1C(=O)C(NC(=O)NCC(=O)OCC1CC1)C(C)(C)C.CC(C)C. The number of Topliss-reactive ketones (excluding diaryl/α,β-unsaturated/α-hetero) is 1. The molecule has 3 aliphatic rings. The van der Waals surface area contributed by atoms with Gasteiger partial charge in [-0.3, -0.25) is 28.2 Å². The predicted molar refractivity (Wildman–Crippen MR) is 206 cm³/mol. The lowest BCUT2D eigenvalue weighted by atomic mass is 9.85. The van der Waals surface area contributed by atoms with E-state index in [1.807, 2.05) is 34.6 Å². The fourth-order valence-corrected chi connectivity index (χ4v) is 5.62. The molecule has 0 spiro atoms. The van der Waals surface area contributed by atoms with Crippen LogP contribution in [0.25, 0.3) is 0 Å². The van der Waals surface area contributed by atoms with Gasteiger partial charge >= 0.3 is 18.0 Å². The van der Waals surface area contributed by atoms with Gasteiger partial charge in [0, 0.05) is 13.1 Å². The zero-order valence-electron chi connectivity index (χ0n) is 34.2. The first-order valence-electron chi connectivity index (χ1n) is 19.3. The molecule has 2 aliphatic carbocycles. The van der Waals surface area contributed by atoms with Crippen LogP contribution < -0.4 is 20.7 Å². The number of carbonyl (C=O) groups is 6. The quantitative estimate of drug-likeness (QED) is 0.0479. The van der Waals surface area contributed by atoms with Crippen LogP contribution in [0.4, 0.5) is 4.79 Å². The molecule has 1 saturated heterocycles. The molecular formula is C38H69N5O9S. The Kier molecular flexibility index (Phi) is 21.6. The first-order chi connectivity index (χ1) is 24.8. The number of ether oxygens (including phenoxy) is 2. The van der Waals surface area contributed by atoms with Gasteiger partial charge in [-0.05, 0) is 76.0 Å². The molecule has 306 valence electrons. The monoisotopic (exact) mass is 771 g/mol. The van der Waals surface area contributed by atoms with Crippen LogP contribution in [0.15, 0.2) is 0 Å². The number of nitrogens with zero attached hydrogens (tertiary/aromatic N) is 1. The number of likely N-dealkylation sites (tertiary alicyclic amines) is 1. The molecule has 1 heterocycles. The standard InChI is InChI=1S/C32H53N5O9S.C4H10.C2H6/c1-31(2,3)27(35-30(43)34-17-25(39)44-18-21-11-12-21)29(42)37-15-7-8-22(37)19-45-47-36-23(16-20-9-10-20)26(40)28(41)33-14-13-24(38)46-32(4,5)6;1-4(2)3;1-2/h20-23,27,36H,7-19H2,1-6H3,(H,33,41)(H2,34,35,43);4H,1-3H3;1-2H3. The van der Waals surface area contributed by atoms with Crippen molar-refractivity contribution in [3.63, 3.8) is 0 Å². The van der Waals surface area contributed by atoms with Crippen LogP contribution in [0.2, 0.25) is 0 Å². The molecule has 4 N–H and O–H groups in total. The number of ketones is 1. The van der Waals surface area contributed by atoms with E-state index in [2.05, 4.69) is 41.4 Å². The molecule has 4 amide bonds. The highest BCUT2D eigenvalue weighted by atomic mass is 32.2. The molecule has 1 aliphatic heterocycles. The summed E-state index contributed by atoms with van der Waals surface area (Å²) in [4.78, 5) is 77.4. The Morgan fingerprint density at radius 2 is 1.43 bits per heavy atom. The van der Waals surface area contributed by atoms with Gasteiger partial charge in [0.2, 0.25) is 11.7 Å². The van der Waals surface area contributed by atoms with Gasteiger partial charge in [-0.1, -0.05) is 68.2 Å². The molecule has 53 heavy (non-hydrogen) atoms. The van der Waals surface area contributed by atoms with E-state index >= 15 is 0 Å². The van der Waals surface area contributed by atoms with E-state index in [-0.39, 0.29) is 38.1 Å². The lowest BCUT2D eigenvalue weighted by Gasteiger charge is -2.35. The van der Waals surface area contributed by atoms with E-state index in [9.17, 15) is 28.8 Å². The number of amides is 4. The van der Waals surface area contributed by atoms with Crippen molar-refractivity contribution in [3.8, 4) is 0 Å². The van der Waals surface area contributed by atoms with E-state index in [0.29, 0.717) is 37.8 Å². The minimum atomic E-state index is -0.856. The summed E-state index contributed by atoms with van der Waals surface area (Å²) in [5, 5.41) is 7.73. The summed E-state index contributed by atoms with van der Waals surface area (Å²) in [6.45, 7) is 22.1. The second kappa shape index (κ2) is 23.8. The summed E-state index contributed by atoms with van der Waals surface area (Å²) in [5.74, 6) is -1.05. The summed E-state index contributed by atoms with van der Waals surface area (Å²) >= 11 is 0.869. The highest BCUT2D eigenvalue weighted by Crippen LogP contribution is 2.34. The van der Waals surface area contributed by atoms with Crippen molar-refractivity contribution < 1.29 is 42.4 Å². The van der Waals surface area contributed by atoms with Crippen molar-refractivity contribution in [1.29, 1.82) is 0 Å².